The molecule has 242 valence electrons. The minimum absolute atomic E-state index is 0.0238. The Labute approximate surface area is 251 Å². The first-order valence-corrected chi connectivity index (χ1v) is 17.0. The second-order valence-corrected chi connectivity index (χ2v) is 15.4. The molecule has 0 aromatic heterocycles. The molecule has 0 aliphatic heterocycles. The van der Waals surface area contributed by atoms with E-state index in [0.29, 0.717) is 24.2 Å². The Morgan fingerprint density at radius 3 is 2.30 bits per heavy atom. The summed E-state index contributed by atoms with van der Waals surface area (Å²) in [5.41, 5.74) is 0.0888. The van der Waals surface area contributed by atoms with Crippen LogP contribution in [0.4, 0.5) is 18.0 Å². The van der Waals surface area contributed by atoms with E-state index < -0.39 is 39.2 Å². The fourth-order valence-electron chi connectivity index (χ4n) is 9.85. The normalized spacial score (nSPS) is 39.3. The summed E-state index contributed by atoms with van der Waals surface area (Å²) in [6.07, 6.45) is 1.29. The smallest absolute Gasteiger partial charge is 0.449 e. The van der Waals surface area contributed by atoms with Gasteiger partial charge in [0.1, 0.15) is 5.75 Å². The van der Waals surface area contributed by atoms with Crippen molar-refractivity contribution >= 4 is 16.1 Å². The van der Waals surface area contributed by atoms with E-state index >= 15 is 0 Å². The van der Waals surface area contributed by atoms with Gasteiger partial charge in [0.25, 0.3) is 10.0 Å². The van der Waals surface area contributed by atoms with Gasteiger partial charge in [0.2, 0.25) is 0 Å². The highest BCUT2D eigenvalue weighted by molar-refractivity contribution is 7.90. The van der Waals surface area contributed by atoms with Crippen molar-refractivity contribution in [3.05, 3.63) is 24.3 Å². The highest BCUT2D eigenvalue weighted by atomic mass is 32.2. The lowest BCUT2D eigenvalue weighted by Crippen LogP contribution is -2.62. The second-order valence-electron chi connectivity index (χ2n) is 13.8. The molecule has 12 heteroatoms. The fourth-order valence-corrected chi connectivity index (χ4v) is 10.7. The maximum absolute atomic E-state index is 12.5. The van der Waals surface area contributed by atoms with E-state index in [4.69, 9.17) is 4.74 Å². The van der Waals surface area contributed by atoms with Gasteiger partial charge in [-0.3, -0.25) is 0 Å². The number of ether oxygens (including phenoxy) is 2. The molecule has 43 heavy (non-hydrogen) atoms. The van der Waals surface area contributed by atoms with E-state index in [1.165, 1.54) is 0 Å². The van der Waals surface area contributed by atoms with Crippen LogP contribution in [-0.2, 0) is 14.8 Å². The van der Waals surface area contributed by atoms with Crippen LogP contribution in [0.2, 0.25) is 0 Å². The minimum Gasteiger partial charge on any atom is -0.449 e. The predicted molar refractivity (Wildman–Crippen MR) is 151 cm³/mol. The zero-order chi connectivity index (χ0) is 31.4. The van der Waals surface area contributed by atoms with Gasteiger partial charge in [0.05, 0.1) is 23.7 Å². The largest absolute Gasteiger partial charge is 0.573 e. The molecule has 8 nitrogen and oxygen atoms in total. The molecule has 0 saturated heterocycles. The summed E-state index contributed by atoms with van der Waals surface area (Å²) in [6.45, 7) is 6.87. The molecule has 1 aromatic carbocycles. The number of nitrogens with one attached hydrogen (secondary N) is 1. The number of hydrogen-bond donors (Lipinski definition) is 3. The summed E-state index contributed by atoms with van der Waals surface area (Å²) >= 11 is 0. The summed E-state index contributed by atoms with van der Waals surface area (Å²) in [4.78, 5) is 12.0. The maximum Gasteiger partial charge on any atom is 0.573 e. The average molecular weight is 632 g/mol. The van der Waals surface area contributed by atoms with Crippen LogP contribution in [-0.4, -0.2) is 49.9 Å². The number of amides is 1. The van der Waals surface area contributed by atoms with Gasteiger partial charge in [-0.15, -0.1) is 13.2 Å². The summed E-state index contributed by atoms with van der Waals surface area (Å²) < 4.78 is 73.0. The molecule has 0 bridgehead atoms. The lowest BCUT2D eigenvalue weighted by Gasteiger charge is -2.64. The van der Waals surface area contributed by atoms with Crippen molar-refractivity contribution < 1.29 is 46.1 Å². The lowest BCUT2D eigenvalue weighted by atomic mass is 9.41. The molecule has 1 amide bonds. The Morgan fingerprint density at radius 1 is 1.00 bits per heavy atom. The molecule has 5 rings (SSSR count). The first kappa shape index (κ1) is 32.3. The lowest BCUT2D eigenvalue weighted by molar-refractivity contribution is -0.274. The summed E-state index contributed by atoms with van der Waals surface area (Å²) in [7, 11) is -4.35. The third-order valence-electron chi connectivity index (χ3n) is 11.9. The molecule has 3 N–H and O–H groups in total. The zero-order valence-corrected chi connectivity index (χ0v) is 25.8. The van der Waals surface area contributed by atoms with Gasteiger partial charge in [-0.1, -0.05) is 27.2 Å². The van der Waals surface area contributed by atoms with Crippen LogP contribution in [0.3, 0.4) is 0 Å². The van der Waals surface area contributed by atoms with Crippen LogP contribution in [0.25, 0.3) is 0 Å². The maximum atomic E-state index is 12.5. The van der Waals surface area contributed by atoms with Crippen molar-refractivity contribution in [2.75, 3.05) is 6.61 Å². The molecule has 4 fully saturated rings. The van der Waals surface area contributed by atoms with Gasteiger partial charge in [-0.25, -0.2) is 17.9 Å². The van der Waals surface area contributed by atoms with E-state index in [1.54, 1.807) is 0 Å². The van der Waals surface area contributed by atoms with E-state index in [2.05, 4.69) is 25.5 Å². The molecule has 1 aromatic rings. The van der Waals surface area contributed by atoms with Crippen LogP contribution in [0, 0.1) is 46.3 Å². The molecule has 4 saturated carbocycles. The van der Waals surface area contributed by atoms with Gasteiger partial charge in [0, 0.05) is 0 Å². The fraction of sp³-hybridized carbons (Fsp3) is 0.774. The number of rotatable bonds is 7. The third kappa shape index (κ3) is 6.12. The quantitative estimate of drug-likeness (QED) is 0.337. The zero-order valence-electron chi connectivity index (χ0n) is 25.0. The van der Waals surface area contributed by atoms with Crippen molar-refractivity contribution in [3.8, 4) is 5.75 Å². The molecule has 10 atom stereocenters. The number of benzene rings is 1. The SMILES string of the molecule is CC[C@H]1[C@@H](O)[C@@H]2[C@H](CC[C@]3(C)[C@@H](CCOC(=O)NS(=O)(=O)c4ccc(OC(F)(F)F)cc4)CC[C@@H]23)[C@@]2(C)CC[C@@H](O)C[C@@H]12. The van der Waals surface area contributed by atoms with Crippen LogP contribution in [0.1, 0.15) is 78.6 Å². The Balaban J connectivity index is 1.19. The number of carbonyl (C=O) groups excluding carboxylic acids is 1. The van der Waals surface area contributed by atoms with E-state index in [0.717, 1.165) is 75.6 Å². The van der Waals surface area contributed by atoms with E-state index in [9.17, 15) is 36.6 Å². The molecule has 0 unspecified atom stereocenters. The Morgan fingerprint density at radius 2 is 1.65 bits per heavy atom. The second kappa shape index (κ2) is 11.7. The molecular formula is C31H44F3NO7S. The molecule has 0 radical (unpaired) electrons. The van der Waals surface area contributed by atoms with Crippen molar-refractivity contribution in [1.29, 1.82) is 0 Å². The first-order valence-electron chi connectivity index (χ1n) is 15.5. The third-order valence-corrected chi connectivity index (χ3v) is 13.2. The van der Waals surface area contributed by atoms with Gasteiger partial charge in [0.15, 0.2) is 0 Å². The highest BCUT2D eigenvalue weighted by Gasteiger charge is 2.64. The molecule has 0 spiro atoms. The number of aliphatic hydroxyl groups is 2. The summed E-state index contributed by atoms with van der Waals surface area (Å²) in [5, 5.41) is 22.3. The number of sulfonamides is 1. The van der Waals surface area contributed by atoms with Crippen molar-refractivity contribution in [1.82, 2.24) is 4.72 Å². The first-order chi connectivity index (χ1) is 20.1. The van der Waals surface area contributed by atoms with Gasteiger partial charge in [-0.05, 0) is 122 Å². The number of carbonyl (C=O) groups is 1. The molecule has 0 heterocycles. The van der Waals surface area contributed by atoms with Crippen molar-refractivity contribution in [3.63, 3.8) is 0 Å². The van der Waals surface area contributed by atoms with Crippen LogP contribution >= 0.6 is 0 Å². The average Bonchev–Trinajstić information content (AvgIpc) is 3.25. The van der Waals surface area contributed by atoms with Crippen LogP contribution < -0.4 is 9.46 Å². The number of fused-ring (bicyclic) bond motifs is 5. The number of halogens is 3. The Kier molecular flexibility index (Phi) is 8.81. The molecule has 4 aliphatic rings. The van der Waals surface area contributed by atoms with Crippen LogP contribution in [0.5, 0.6) is 5.75 Å². The van der Waals surface area contributed by atoms with Gasteiger partial charge < -0.3 is 19.7 Å². The Hall–Kier alpha value is -2.05. The van der Waals surface area contributed by atoms with Gasteiger partial charge >= 0.3 is 12.5 Å². The Bertz CT molecular complexity index is 1270. The highest BCUT2D eigenvalue weighted by Crippen LogP contribution is 2.69. The molecule has 4 aliphatic carbocycles. The number of alkyl halides is 3. The standard InChI is InChI=1S/C31H44F3NO7S/c1-4-22-25-17-19(36)11-14-30(25,3)24-12-15-29(2)18(5-10-23(29)26(24)27(22)37)13-16-41-28(38)35-43(39,40)21-8-6-20(7-9-21)42-31(32,33)34/h6-9,18-19,22-27,36-37H,4-5,10-17H2,1-3H3,(H,35,38)/t18-,19-,22-,23+,24+,25+,26+,27-,29-,30-/m1/s1. The number of hydrogen-bond acceptors (Lipinski definition) is 7. The van der Waals surface area contributed by atoms with Crippen molar-refractivity contribution in [2.45, 2.75) is 102 Å². The predicted octanol–water partition coefficient (Wildman–Crippen LogP) is 6.02. The minimum atomic E-state index is -4.91. The molecular weight excluding hydrogens is 587 g/mol. The summed E-state index contributed by atoms with van der Waals surface area (Å²) in [6, 6.07) is 3.52. The number of aliphatic hydroxyl groups excluding tert-OH is 2. The monoisotopic (exact) mass is 631 g/mol. The topological polar surface area (TPSA) is 122 Å². The van der Waals surface area contributed by atoms with E-state index in [-0.39, 0.29) is 41.3 Å². The van der Waals surface area contributed by atoms with Gasteiger partial charge in [-0.2, -0.15) is 0 Å². The summed E-state index contributed by atoms with van der Waals surface area (Å²) in [5.74, 6) is 1.15. The van der Waals surface area contributed by atoms with E-state index in [1.807, 2.05) is 4.72 Å². The van der Waals surface area contributed by atoms with Crippen LogP contribution in [0.15, 0.2) is 29.2 Å². The van der Waals surface area contributed by atoms with Crippen molar-refractivity contribution in [2.24, 2.45) is 46.3 Å².